The van der Waals surface area contributed by atoms with E-state index in [1.165, 1.54) is 54.8 Å². The summed E-state index contributed by atoms with van der Waals surface area (Å²) < 4.78 is 5.85. The normalized spacial score (nSPS) is 12.7. The number of thiophene rings is 1. The summed E-state index contributed by atoms with van der Waals surface area (Å²) in [6.45, 7) is 0. The lowest BCUT2D eigenvalue weighted by Gasteiger charge is -2.15. The van der Waals surface area contributed by atoms with Gasteiger partial charge in [0, 0.05) is 54.9 Å². The fourth-order valence-corrected chi connectivity index (χ4v) is 10.1. The quantitative estimate of drug-likeness (QED) is 0.176. The number of aromatic nitrogens is 4. The van der Waals surface area contributed by atoms with Crippen LogP contribution in [0.5, 0.6) is 0 Å². The molecule has 0 atom stereocenters. The monoisotopic (exact) mass is 746 g/mol. The summed E-state index contributed by atoms with van der Waals surface area (Å²) in [7, 11) is 0. The second-order valence-electron chi connectivity index (χ2n) is 14.9. The summed E-state index contributed by atoms with van der Waals surface area (Å²) in [6.07, 6.45) is 6.67. The van der Waals surface area contributed by atoms with Gasteiger partial charge in [-0.25, -0.2) is 9.97 Å². The number of fused-ring (bicyclic) bond motifs is 9. The molecule has 0 amide bonds. The zero-order chi connectivity index (χ0) is 37.5. The molecule has 0 unspecified atom stereocenters. The number of hydrogen-bond acceptors (Lipinski definition) is 3. The molecule has 0 aliphatic heterocycles. The van der Waals surface area contributed by atoms with Crippen LogP contribution in [0.15, 0.2) is 175 Å². The predicted octanol–water partition coefficient (Wildman–Crippen LogP) is 13.8. The lowest BCUT2D eigenvalue weighted by atomic mass is 9.94. The fraction of sp³-hybridized carbons (Fsp3) is 0.0385. The molecule has 0 radical (unpaired) electrons. The Morgan fingerprint density at radius 3 is 2.07 bits per heavy atom. The van der Waals surface area contributed by atoms with Gasteiger partial charge in [-0.2, -0.15) is 0 Å². The number of aryl methyl sites for hydroxylation is 1. The maximum absolute atomic E-state index is 5.52. The van der Waals surface area contributed by atoms with Crippen molar-refractivity contribution in [2.45, 2.75) is 12.8 Å². The molecule has 268 valence electrons. The van der Waals surface area contributed by atoms with Crippen molar-refractivity contribution in [1.29, 1.82) is 0 Å². The summed E-state index contributed by atoms with van der Waals surface area (Å²) in [5.74, 6) is 0.684. The Bertz CT molecular complexity index is 3390. The van der Waals surface area contributed by atoms with Gasteiger partial charge in [-0.1, -0.05) is 146 Å². The molecule has 0 N–H and O–H groups in total. The van der Waals surface area contributed by atoms with E-state index in [9.17, 15) is 0 Å². The van der Waals surface area contributed by atoms with Gasteiger partial charge in [0.05, 0.1) is 38.0 Å². The Labute approximate surface area is 333 Å². The molecular formula is C52H34N4S. The summed E-state index contributed by atoms with van der Waals surface area (Å²) in [4.78, 5) is 11.0. The van der Waals surface area contributed by atoms with Gasteiger partial charge in [0.15, 0.2) is 0 Å². The standard InChI is InChI=1S/C52H34N4S/c1-4-15-33(16-5-1)44-32-57-51-47(35-18-6-2-7-19-35)53-52(54-48(44)51)56-46-30-28-36(31-43(46)42-29-27-34-17-10-11-22-38(34)50(42)56)39-24-14-25-41-40-23-12-13-26-45(40)55(49(39)41)37-20-8-3-9-21-37/h1-9,11-16,18-32H,10,17H2. The van der Waals surface area contributed by atoms with Crippen LogP contribution in [0, 0.1) is 0 Å². The highest BCUT2D eigenvalue weighted by Crippen LogP contribution is 2.44. The number of para-hydroxylation sites is 3. The molecule has 4 nitrogen and oxygen atoms in total. The van der Waals surface area contributed by atoms with Crippen LogP contribution in [0.4, 0.5) is 0 Å². The third-order valence-electron chi connectivity index (χ3n) is 11.7. The number of nitrogens with zero attached hydrogens (tertiary/aromatic N) is 4. The van der Waals surface area contributed by atoms with Gasteiger partial charge in [-0.3, -0.25) is 4.57 Å². The molecule has 0 saturated heterocycles. The van der Waals surface area contributed by atoms with Crippen molar-refractivity contribution in [1.82, 2.24) is 19.1 Å². The Balaban J connectivity index is 1.17. The van der Waals surface area contributed by atoms with Gasteiger partial charge in [0.1, 0.15) is 0 Å². The largest absolute Gasteiger partial charge is 0.309 e. The average molecular weight is 747 g/mol. The van der Waals surface area contributed by atoms with E-state index >= 15 is 0 Å². The molecule has 1 aliphatic carbocycles. The highest BCUT2D eigenvalue weighted by atomic mass is 32.1. The van der Waals surface area contributed by atoms with Crippen molar-refractivity contribution < 1.29 is 0 Å². The van der Waals surface area contributed by atoms with Crippen molar-refractivity contribution in [2.24, 2.45) is 0 Å². The van der Waals surface area contributed by atoms with Crippen LogP contribution < -0.4 is 0 Å². The Morgan fingerprint density at radius 1 is 0.509 bits per heavy atom. The van der Waals surface area contributed by atoms with Crippen molar-refractivity contribution >= 4 is 71.2 Å². The highest BCUT2D eigenvalue weighted by molar-refractivity contribution is 7.18. The highest BCUT2D eigenvalue weighted by Gasteiger charge is 2.24. The van der Waals surface area contributed by atoms with Gasteiger partial charge < -0.3 is 4.57 Å². The molecule has 4 aromatic heterocycles. The SMILES string of the molecule is C1=Cc2c(ccc3c4cc(-c5cccc6c7ccccc7n(-c7ccccc7)c56)ccc4n(-c4nc(-c5ccccc5)c5scc(-c6ccccc6)c5n4)c23)CC1. The van der Waals surface area contributed by atoms with Crippen LogP contribution in [-0.2, 0) is 6.42 Å². The van der Waals surface area contributed by atoms with Crippen molar-refractivity contribution in [3.8, 4) is 45.1 Å². The first-order valence-electron chi connectivity index (χ1n) is 19.6. The maximum atomic E-state index is 5.52. The zero-order valence-corrected chi connectivity index (χ0v) is 31.7. The minimum atomic E-state index is 0.684. The number of hydrogen-bond donors (Lipinski definition) is 0. The molecule has 57 heavy (non-hydrogen) atoms. The predicted molar refractivity (Wildman–Crippen MR) is 240 cm³/mol. The minimum absolute atomic E-state index is 0.684. The molecule has 0 fully saturated rings. The topological polar surface area (TPSA) is 35.6 Å². The first-order chi connectivity index (χ1) is 28.3. The van der Waals surface area contributed by atoms with Gasteiger partial charge in [0.25, 0.3) is 0 Å². The average Bonchev–Trinajstić information content (AvgIpc) is 3.97. The summed E-state index contributed by atoms with van der Waals surface area (Å²) >= 11 is 1.72. The molecule has 11 aromatic rings. The molecule has 7 aromatic carbocycles. The molecule has 0 saturated carbocycles. The lowest BCUT2D eigenvalue weighted by molar-refractivity contribution is 0.977. The first-order valence-corrected chi connectivity index (χ1v) is 20.4. The van der Waals surface area contributed by atoms with E-state index in [0.717, 1.165) is 62.2 Å². The molecule has 0 bridgehead atoms. The van der Waals surface area contributed by atoms with Gasteiger partial charge in [0.2, 0.25) is 5.95 Å². The van der Waals surface area contributed by atoms with Crippen molar-refractivity contribution in [2.75, 3.05) is 0 Å². The Kier molecular flexibility index (Phi) is 7.19. The molecule has 0 spiro atoms. The number of allylic oxidation sites excluding steroid dienone is 1. The van der Waals surface area contributed by atoms with Crippen LogP contribution in [0.25, 0.3) is 105 Å². The minimum Gasteiger partial charge on any atom is -0.309 e. The van der Waals surface area contributed by atoms with E-state index in [1.54, 1.807) is 11.3 Å². The van der Waals surface area contributed by atoms with Crippen molar-refractivity contribution in [3.63, 3.8) is 0 Å². The summed E-state index contributed by atoms with van der Waals surface area (Å²) in [6, 6.07) is 59.0. The van der Waals surface area contributed by atoms with E-state index < -0.39 is 0 Å². The lowest BCUT2D eigenvalue weighted by Crippen LogP contribution is -2.05. The van der Waals surface area contributed by atoms with E-state index in [1.807, 2.05) is 0 Å². The fourth-order valence-electron chi connectivity index (χ4n) is 9.11. The smallest absolute Gasteiger partial charge is 0.235 e. The Morgan fingerprint density at radius 2 is 1.23 bits per heavy atom. The van der Waals surface area contributed by atoms with Gasteiger partial charge in [-0.15, -0.1) is 11.3 Å². The molecule has 12 rings (SSSR count). The third-order valence-corrected chi connectivity index (χ3v) is 12.7. The molecule has 1 aliphatic rings. The van der Waals surface area contributed by atoms with Crippen molar-refractivity contribution in [3.05, 3.63) is 186 Å². The van der Waals surface area contributed by atoms with E-state index in [0.29, 0.717) is 5.95 Å². The van der Waals surface area contributed by atoms with Gasteiger partial charge >= 0.3 is 0 Å². The Hall–Kier alpha value is -7.08. The maximum Gasteiger partial charge on any atom is 0.235 e. The number of rotatable bonds is 5. The van der Waals surface area contributed by atoms with E-state index in [4.69, 9.17) is 9.97 Å². The van der Waals surface area contributed by atoms with E-state index in [2.05, 4.69) is 190 Å². The van der Waals surface area contributed by atoms with Crippen LogP contribution in [-0.4, -0.2) is 19.1 Å². The molecular weight excluding hydrogens is 713 g/mol. The summed E-state index contributed by atoms with van der Waals surface area (Å²) in [5, 5.41) is 7.12. The van der Waals surface area contributed by atoms with Crippen LogP contribution in [0.2, 0.25) is 0 Å². The van der Waals surface area contributed by atoms with Crippen LogP contribution in [0.3, 0.4) is 0 Å². The third kappa shape index (κ3) is 4.92. The second kappa shape index (κ2) is 12.7. The van der Waals surface area contributed by atoms with Crippen LogP contribution >= 0.6 is 11.3 Å². The first kappa shape index (κ1) is 32.2. The summed E-state index contributed by atoms with van der Waals surface area (Å²) in [5.41, 5.74) is 16.1. The van der Waals surface area contributed by atoms with Gasteiger partial charge in [-0.05, 0) is 59.9 Å². The molecule has 5 heteroatoms. The number of benzene rings is 7. The second-order valence-corrected chi connectivity index (χ2v) is 15.7. The molecule has 4 heterocycles. The zero-order valence-electron chi connectivity index (χ0n) is 30.9. The van der Waals surface area contributed by atoms with E-state index in [-0.39, 0.29) is 0 Å². The van der Waals surface area contributed by atoms with Crippen LogP contribution in [0.1, 0.15) is 17.5 Å².